The fourth-order valence-corrected chi connectivity index (χ4v) is 4.64. The molecule has 9 heteroatoms. The molecule has 1 unspecified atom stereocenters. The Hall–Kier alpha value is -2.84. The molecule has 1 fully saturated rings. The summed E-state index contributed by atoms with van der Waals surface area (Å²) in [5.41, 5.74) is 1.54. The SMILES string of the molecule is CCn1cc(-c2cccc(C(NC(=O)c3cccc(C(F)(F)F)c3Cl)[C@@H]3CCCCN3)c2)cn1. The van der Waals surface area contributed by atoms with Gasteiger partial charge in [0.1, 0.15) is 0 Å². The van der Waals surface area contributed by atoms with Gasteiger partial charge in [0.25, 0.3) is 5.91 Å². The number of carbonyl (C=O) groups excluding carboxylic acids is 1. The van der Waals surface area contributed by atoms with Gasteiger partial charge in [0.05, 0.1) is 28.4 Å². The number of amides is 1. The van der Waals surface area contributed by atoms with Crippen molar-refractivity contribution in [2.24, 2.45) is 0 Å². The van der Waals surface area contributed by atoms with Crippen molar-refractivity contribution in [2.75, 3.05) is 6.54 Å². The molecule has 1 amide bonds. The first kappa shape index (κ1) is 24.3. The Morgan fingerprint density at radius 2 is 2.03 bits per heavy atom. The quantitative estimate of drug-likeness (QED) is 0.455. The number of nitrogens with zero attached hydrogens (tertiary/aromatic N) is 2. The summed E-state index contributed by atoms with van der Waals surface area (Å²) in [6.07, 6.45) is 1.96. The third-order valence-corrected chi connectivity index (χ3v) is 6.53. The Morgan fingerprint density at radius 3 is 2.71 bits per heavy atom. The zero-order chi connectivity index (χ0) is 24.3. The van der Waals surface area contributed by atoms with E-state index in [0.29, 0.717) is 0 Å². The molecule has 2 atom stereocenters. The average molecular weight is 491 g/mol. The second kappa shape index (κ2) is 10.2. The summed E-state index contributed by atoms with van der Waals surface area (Å²) in [6.45, 7) is 3.57. The smallest absolute Gasteiger partial charge is 0.344 e. The van der Waals surface area contributed by atoms with Crippen molar-refractivity contribution < 1.29 is 18.0 Å². The molecule has 1 aliphatic heterocycles. The molecular formula is C25H26ClF3N4O. The molecule has 1 saturated heterocycles. The van der Waals surface area contributed by atoms with E-state index in [1.807, 2.05) is 42.1 Å². The Labute approximate surface area is 201 Å². The maximum atomic E-state index is 13.3. The maximum Gasteiger partial charge on any atom is 0.417 e. The van der Waals surface area contributed by atoms with Crippen molar-refractivity contribution in [3.8, 4) is 11.1 Å². The van der Waals surface area contributed by atoms with Gasteiger partial charge < -0.3 is 10.6 Å². The minimum atomic E-state index is -4.64. The lowest BCUT2D eigenvalue weighted by molar-refractivity contribution is -0.137. The molecular weight excluding hydrogens is 465 g/mol. The molecule has 34 heavy (non-hydrogen) atoms. The zero-order valence-corrected chi connectivity index (χ0v) is 19.5. The number of rotatable bonds is 6. The van der Waals surface area contributed by atoms with E-state index in [9.17, 15) is 18.0 Å². The van der Waals surface area contributed by atoms with Gasteiger partial charge in [-0.2, -0.15) is 18.3 Å². The minimum absolute atomic E-state index is 0.0594. The Morgan fingerprint density at radius 1 is 1.24 bits per heavy atom. The van der Waals surface area contributed by atoms with Crippen LogP contribution < -0.4 is 10.6 Å². The van der Waals surface area contributed by atoms with Gasteiger partial charge in [-0.3, -0.25) is 9.48 Å². The molecule has 0 bridgehead atoms. The predicted molar refractivity (Wildman–Crippen MR) is 126 cm³/mol. The summed E-state index contributed by atoms with van der Waals surface area (Å²) in [5.74, 6) is -0.641. The highest BCUT2D eigenvalue weighted by Crippen LogP contribution is 2.36. The van der Waals surface area contributed by atoms with Crippen LogP contribution in [0.25, 0.3) is 11.1 Å². The van der Waals surface area contributed by atoms with Gasteiger partial charge in [-0.05, 0) is 55.6 Å². The predicted octanol–water partition coefficient (Wildman–Crippen LogP) is 5.86. The number of benzene rings is 2. The van der Waals surface area contributed by atoms with Crippen molar-refractivity contribution in [1.82, 2.24) is 20.4 Å². The molecule has 1 aromatic heterocycles. The summed E-state index contributed by atoms with van der Waals surface area (Å²) in [5, 5.41) is 10.1. The number of hydrogen-bond donors (Lipinski definition) is 2. The van der Waals surface area contributed by atoms with Gasteiger partial charge in [-0.1, -0.05) is 42.3 Å². The number of aromatic nitrogens is 2. The largest absolute Gasteiger partial charge is 0.417 e. The Balaban J connectivity index is 1.67. The van der Waals surface area contributed by atoms with Crippen LogP contribution in [-0.4, -0.2) is 28.3 Å². The van der Waals surface area contributed by atoms with E-state index in [4.69, 9.17) is 11.6 Å². The normalized spacial score (nSPS) is 17.4. The first-order chi connectivity index (χ1) is 16.3. The van der Waals surface area contributed by atoms with Crippen LogP contribution in [-0.2, 0) is 12.7 Å². The summed E-state index contributed by atoms with van der Waals surface area (Å²) in [7, 11) is 0. The maximum absolute atomic E-state index is 13.3. The van der Waals surface area contributed by atoms with Gasteiger partial charge in [0, 0.05) is 24.3 Å². The van der Waals surface area contributed by atoms with Crippen LogP contribution in [0.4, 0.5) is 13.2 Å². The van der Waals surface area contributed by atoms with Crippen LogP contribution in [0.1, 0.15) is 53.7 Å². The fourth-order valence-electron chi connectivity index (χ4n) is 4.32. The lowest BCUT2D eigenvalue weighted by Crippen LogP contribution is -2.46. The highest BCUT2D eigenvalue weighted by molar-refractivity contribution is 6.34. The number of hydrogen-bond acceptors (Lipinski definition) is 3. The molecule has 5 nitrogen and oxygen atoms in total. The van der Waals surface area contributed by atoms with Gasteiger partial charge in [0.2, 0.25) is 0 Å². The molecule has 2 heterocycles. The highest BCUT2D eigenvalue weighted by atomic mass is 35.5. The molecule has 1 aliphatic rings. The van der Waals surface area contributed by atoms with E-state index in [1.165, 1.54) is 12.1 Å². The highest BCUT2D eigenvalue weighted by Gasteiger charge is 2.35. The van der Waals surface area contributed by atoms with Crippen LogP contribution in [0, 0.1) is 0 Å². The van der Waals surface area contributed by atoms with Crippen molar-refractivity contribution in [3.05, 3.63) is 76.6 Å². The van der Waals surface area contributed by atoms with Gasteiger partial charge >= 0.3 is 6.18 Å². The van der Waals surface area contributed by atoms with E-state index in [0.717, 1.165) is 55.1 Å². The molecule has 2 N–H and O–H groups in total. The number of halogens is 4. The first-order valence-electron chi connectivity index (χ1n) is 11.3. The molecule has 3 aromatic rings. The van der Waals surface area contributed by atoms with E-state index in [1.54, 1.807) is 6.20 Å². The van der Waals surface area contributed by atoms with E-state index >= 15 is 0 Å². The van der Waals surface area contributed by atoms with E-state index in [2.05, 4.69) is 15.7 Å². The van der Waals surface area contributed by atoms with Crippen molar-refractivity contribution in [3.63, 3.8) is 0 Å². The minimum Gasteiger partial charge on any atom is -0.344 e. The third-order valence-electron chi connectivity index (χ3n) is 6.12. The standard InChI is InChI=1S/C25H26ClF3N4O/c1-2-33-15-18(14-31-33)16-7-5-8-17(13-16)23(21-11-3-4-12-30-21)32-24(34)19-9-6-10-20(22(19)26)25(27,28)29/h5-10,13-15,21,23,30H,2-4,11-12H2,1H3,(H,32,34)/t21-,23?/m0/s1. The summed E-state index contributed by atoms with van der Waals surface area (Å²) < 4.78 is 41.8. The summed E-state index contributed by atoms with van der Waals surface area (Å²) in [6, 6.07) is 10.7. The second-order valence-electron chi connectivity index (χ2n) is 8.38. The Bertz CT molecular complexity index is 1160. The first-order valence-corrected chi connectivity index (χ1v) is 11.7. The molecule has 0 radical (unpaired) electrons. The lowest BCUT2D eigenvalue weighted by Gasteiger charge is -2.32. The number of piperidine rings is 1. The van der Waals surface area contributed by atoms with Gasteiger partial charge in [-0.15, -0.1) is 0 Å². The van der Waals surface area contributed by atoms with Crippen LogP contribution in [0.15, 0.2) is 54.9 Å². The number of carbonyl (C=O) groups is 1. The molecule has 0 saturated carbocycles. The van der Waals surface area contributed by atoms with Crippen molar-refractivity contribution in [2.45, 2.75) is 51.0 Å². The third kappa shape index (κ3) is 5.28. The summed E-state index contributed by atoms with van der Waals surface area (Å²) >= 11 is 6.02. The molecule has 0 spiro atoms. The topological polar surface area (TPSA) is 59.0 Å². The monoisotopic (exact) mass is 490 g/mol. The molecule has 180 valence electrons. The lowest BCUT2D eigenvalue weighted by atomic mass is 9.90. The van der Waals surface area contributed by atoms with Crippen molar-refractivity contribution >= 4 is 17.5 Å². The molecule has 0 aliphatic carbocycles. The molecule has 2 aromatic carbocycles. The van der Waals surface area contributed by atoms with Crippen molar-refractivity contribution in [1.29, 1.82) is 0 Å². The van der Waals surface area contributed by atoms with E-state index < -0.39 is 28.7 Å². The van der Waals surface area contributed by atoms with Crippen LogP contribution in [0.3, 0.4) is 0 Å². The molecule has 4 rings (SSSR count). The van der Waals surface area contributed by atoms with Crippen LogP contribution in [0.5, 0.6) is 0 Å². The number of nitrogens with one attached hydrogen (secondary N) is 2. The van der Waals surface area contributed by atoms with Crippen LogP contribution >= 0.6 is 11.6 Å². The van der Waals surface area contributed by atoms with Gasteiger partial charge in [-0.25, -0.2) is 0 Å². The van der Waals surface area contributed by atoms with Crippen LogP contribution in [0.2, 0.25) is 5.02 Å². The van der Waals surface area contributed by atoms with Gasteiger partial charge in [0.15, 0.2) is 0 Å². The zero-order valence-electron chi connectivity index (χ0n) is 18.7. The van der Waals surface area contributed by atoms with E-state index in [-0.39, 0.29) is 11.6 Å². The number of aryl methyl sites for hydroxylation is 1. The second-order valence-corrected chi connectivity index (χ2v) is 8.76. The average Bonchev–Trinajstić information content (AvgIpc) is 3.32. The summed E-state index contributed by atoms with van der Waals surface area (Å²) in [4.78, 5) is 13.2. The number of alkyl halides is 3. The fraction of sp³-hybridized carbons (Fsp3) is 0.360. The Kier molecular flexibility index (Phi) is 7.28.